The lowest BCUT2D eigenvalue weighted by Gasteiger charge is -2.41. The average molecular weight is 290 g/mol. The highest BCUT2D eigenvalue weighted by Crippen LogP contribution is 2.37. The van der Waals surface area contributed by atoms with Gasteiger partial charge in [0.05, 0.1) is 18.4 Å². The first-order chi connectivity index (χ1) is 10.3. The van der Waals surface area contributed by atoms with Crippen molar-refractivity contribution in [3.8, 4) is 0 Å². The van der Waals surface area contributed by atoms with Gasteiger partial charge in [0.1, 0.15) is 5.76 Å². The van der Waals surface area contributed by atoms with Crippen molar-refractivity contribution >= 4 is 0 Å². The van der Waals surface area contributed by atoms with Crippen LogP contribution in [0.1, 0.15) is 37.9 Å². The average Bonchev–Trinajstić information content (AvgIpc) is 3.22. The van der Waals surface area contributed by atoms with Gasteiger partial charge in [0, 0.05) is 25.7 Å². The van der Waals surface area contributed by atoms with E-state index >= 15 is 0 Å². The second kappa shape index (κ2) is 5.75. The monoisotopic (exact) mass is 290 g/mol. The molecule has 4 rings (SSSR count). The summed E-state index contributed by atoms with van der Waals surface area (Å²) < 4.78 is 11.7. The van der Waals surface area contributed by atoms with Crippen molar-refractivity contribution in [3.63, 3.8) is 0 Å². The summed E-state index contributed by atoms with van der Waals surface area (Å²) in [7, 11) is 0. The number of furan rings is 1. The van der Waals surface area contributed by atoms with Crippen LogP contribution >= 0.6 is 0 Å². The van der Waals surface area contributed by atoms with E-state index in [1.165, 1.54) is 45.2 Å². The Labute approximate surface area is 127 Å². The molecule has 3 aliphatic rings. The van der Waals surface area contributed by atoms with Crippen molar-refractivity contribution in [3.05, 3.63) is 24.2 Å². The highest BCUT2D eigenvalue weighted by Gasteiger charge is 2.44. The van der Waals surface area contributed by atoms with E-state index in [0.717, 1.165) is 38.0 Å². The minimum Gasteiger partial charge on any atom is -0.468 e. The molecule has 0 aliphatic carbocycles. The Kier molecular flexibility index (Phi) is 3.78. The van der Waals surface area contributed by atoms with Gasteiger partial charge in [-0.15, -0.1) is 0 Å². The van der Waals surface area contributed by atoms with Crippen LogP contribution in [0.3, 0.4) is 0 Å². The molecule has 0 amide bonds. The lowest BCUT2D eigenvalue weighted by molar-refractivity contribution is -0.0962. The molecule has 0 N–H and O–H groups in total. The fraction of sp³-hybridized carbons (Fsp3) is 0.765. The molecular weight excluding hydrogens is 264 g/mol. The first-order valence-corrected chi connectivity index (χ1v) is 8.46. The van der Waals surface area contributed by atoms with Gasteiger partial charge in [-0.1, -0.05) is 0 Å². The smallest absolute Gasteiger partial charge is 0.117 e. The second-order valence-electron chi connectivity index (χ2n) is 6.96. The molecule has 1 spiro atoms. The Balaban J connectivity index is 1.38. The molecule has 2 atom stereocenters. The third kappa shape index (κ3) is 2.89. The van der Waals surface area contributed by atoms with Crippen molar-refractivity contribution < 1.29 is 9.15 Å². The van der Waals surface area contributed by atoms with Crippen LogP contribution in [0.4, 0.5) is 0 Å². The van der Waals surface area contributed by atoms with E-state index in [2.05, 4.69) is 15.9 Å². The summed E-state index contributed by atoms with van der Waals surface area (Å²) in [6, 6.07) is 4.80. The highest BCUT2D eigenvalue weighted by atomic mass is 16.5. The number of likely N-dealkylation sites (tertiary alicyclic amines) is 2. The van der Waals surface area contributed by atoms with Gasteiger partial charge in [-0.25, -0.2) is 0 Å². The Morgan fingerprint density at radius 2 is 2.14 bits per heavy atom. The quantitative estimate of drug-likeness (QED) is 0.855. The molecule has 4 nitrogen and oxygen atoms in total. The van der Waals surface area contributed by atoms with E-state index in [9.17, 15) is 0 Å². The Bertz CT molecular complexity index is 455. The summed E-state index contributed by atoms with van der Waals surface area (Å²) in [4.78, 5) is 5.20. The van der Waals surface area contributed by atoms with Crippen LogP contribution in [0.5, 0.6) is 0 Å². The Hall–Kier alpha value is -0.840. The van der Waals surface area contributed by atoms with E-state index in [4.69, 9.17) is 9.15 Å². The van der Waals surface area contributed by atoms with Crippen LogP contribution in [0.2, 0.25) is 0 Å². The zero-order valence-corrected chi connectivity index (χ0v) is 12.8. The number of hydrogen-bond donors (Lipinski definition) is 0. The van der Waals surface area contributed by atoms with Crippen molar-refractivity contribution in [1.82, 2.24) is 9.80 Å². The van der Waals surface area contributed by atoms with Gasteiger partial charge in [-0.05, 0) is 57.3 Å². The first kappa shape index (κ1) is 13.8. The van der Waals surface area contributed by atoms with Crippen LogP contribution in [0.25, 0.3) is 0 Å². The highest BCUT2D eigenvalue weighted by molar-refractivity contribution is 5.02. The maximum Gasteiger partial charge on any atom is 0.117 e. The third-order valence-corrected chi connectivity index (χ3v) is 5.48. The normalized spacial score (nSPS) is 35.0. The molecule has 4 heterocycles. The van der Waals surface area contributed by atoms with Gasteiger partial charge in [-0.2, -0.15) is 0 Å². The van der Waals surface area contributed by atoms with Gasteiger partial charge < -0.3 is 14.1 Å². The molecule has 0 saturated carbocycles. The van der Waals surface area contributed by atoms with Crippen molar-refractivity contribution in [2.24, 2.45) is 0 Å². The fourth-order valence-electron chi connectivity index (χ4n) is 4.39. The summed E-state index contributed by atoms with van der Waals surface area (Å²) in [6.07, 6.45) is 8.16. The van der Waals surface area contributed by atoms with Crippen LogP contribution in [-0.4, -0.2) is 54.2 Å². The Morgan fingerprint density at radius 1 is 1.24 bits per heavy atom. The molecule has 1 aromatic heterocycles. The molecule has 0 aromatic carbocycles. The maximum absolute atomic E-state index is 6.27. The molecular formula is C17H26N2O2. The zero-order valence-electron chi connectivity index (χ0n) is 12.8. The standard InChI is InChI=1S/C17H26N2O2/c1-2-8-19(7-1)15-5-11-21-17(12-15)6-9-18(14-17)13-16-4-3-10-20-16/h3-4,10,15H,1-2,5-9,11-14H2/t15-,17+/m0/s1. The molecule has 4 heteroatoms. The van der Waals surface area contributed by atoms with E-state index in [0.29, 0.717) is 0 Å². The molecule has 1 aromatic rings. The number of ether oxygens (including phenoxy) is 1. The molecule has 0 unspecified atom stereocenters. The van der Waals surface area contributed by atoms with E-state index in [1.807, 2.05) is 6.07 Å². The summed E-state index contributed by atoms with van der Waals surface area (Å²) in [6.45, 7) is 6.67. The molecule has 21 heavy (non-hydrogen) atoms. The molecule has 3 saturated heterocycles. The minimum absolute atomic E-state index is 0.109. The van der Waals surface area contributed by atoms with E-state index in [-0.39, 0.29) is 5.60 Å². The Morgan fingerprint density at radius 3 is 2.95 bits per heavy atom. The first-order valence-electron chi connectivity index (χ1n) is 8.46. The van der Waals surface area contributed by atoms with Crippen molar-refractivity contribution in [2.75, 3.05) is 32.8 Å². The minimum atomic E-state index is 0.109. The summed E-state index contributed by atoms with van der Waals surface area (Å²) in [5.41, 5.74) is 0.109. The molecule has 116 valence electrons. The lowest BCUT2D eigenvalue weighted by atomic mass is 9.89. The predicted molar refractivity (Wildman–Crippen MR) is 81.1 cm³/mol. The summed E-state index contributed by atoms with van der Waals surface area (Å²) in [5, 5.41) is 0. The predicted octanol–water partition coefficient (Wildman–Crippen LogP) is 2.50. The third-order valence-electron chi connectivity index (χ3n) is 5.48. The van der Waals surface area contributed by atoms with Gasteiger partial charge in [-0.3, -0.25) is 4.90 Å². The largest absolute Gasteiger partial charge is 0.468 e. The second-order valence-corrected chi connectivity index (χ2v) is 6.96. The van der Waals surface area contributed by atoms with Crippen molar-refractivity contribution in [1.29, 1.82) is 0 Å². The molecule has 3 aliphatic heterocycles. The zero-order chi connectivity index (χ0) is 14.1. The van der Waals surface area contributed by atoms with Gasteiger partial charge in [0.25, 0.3) is 0 Å². The maximum atomic E-state index is 6.27. The summed E-state index contributed by atoms with van der Waals surface area (Å²) in [5.74, 6) is 1.07. The molecule has 0 bridgehead atoms. The van der Waals surface area contributed by atoms with Gasteiger partial charge >= 0.3 is 0 Å². The summed E-state index contributed by atoms with van der Waals surface area (Å²) >= 11 is 0. The van der Waals surface area contributed by atoms with Crippen LogP contribution < -0.4 is 0 Å². The SMILES string of the molecule is c1coc(CN2CC[C@@]3(C[C@@H](N4CCCC4)CCO3)C2)c1. The van der Waals surface area contributed by atoms with Crippen LogP contribution in [0, 0.1) is 0 Å². The van der Waals surface area contributed by atoms with Crippen molar-refractivity contribution in [2.45, 2.75) is 50.3 Å². The van der Waals surface area contributed by atoms with E-state index < -0.39 is 0 Å². The fourth-order valence-corrected chi connectivity index (χ4v) is 4.39. The molecule has 0 radical (unpaired) electrons. The number of nitrogens with zero attached hydrogens (tertiary/aromatic N) is 2. The number of rotatable bonds is 3. The van der Waals surface area contributed by atoms with Gasteiger partial charge in [0.2, 0.25) is 0 Å². The number of hydrogen-bond acceptors (Lipinski definition) is 4. The van der Waals surface area contributed by atoms with E-state index in [1.54, 1.807) is 6.26 Å². The lowest BCUT2D eigenvalue weighted by Crippen LogP contribution is -2.49. The van der Waals surface area contributed by atoms with Gasteiger partial charge in [0.15, 0.2) is 0 Å². The van der Waals surface area contributed by atoms with Crippen LogP contribution in [0.15, 0.2) is 22.8 Å². The van der Waals surface area contributed by atoms with Crippen LogP contribution in [-0.2, 0) is 11.3 Å². The molecule has 3 fully saturated rings. The topological polar surface area (TPSA) is 28.9 Å².